The van der Waals surface area contributed by atoms with E-state index in [0.717, 1.165) is 5.39 Å². The Morgan fingerprint density at radius 3 is 2.75 bits per heavy atom. The molecule has 0 fully saturated rings. The van der Waals surface area contributed by atoms with E-state index < -0.39 is 6.10 Å². The Morgan fingerprint density at radius 2 is 1.92 bits per heavy atom. The van der Waals surface area contributed by atoms with Crippen molar-refractivity contribution in [2.45, 2.75) is 19.3 Å². The summed E-state index contributed by atoms with van der Waals surface area (Å²) in [5.74, 6) is -0.348. The molecule has 0 aliphatic carbocycles. The van der Waals surface area contributed by atoms with Crippen molar-refractivity contribution in [2.75, 3.05) is 6.61 Å². The normalized spacial score (nSPS) is 12.4. The summed E-state index contributed by atoms with van der Waals surface area (Å²) < 4.78 is 20.0. The van der Waals surface area contributed by atoms with E-state index in [9.17, 15) is 14.3 Å². The lowest BCUT2D eigenvalue weighted by Gasteiger charge is -2.13. The molecule has 24 heavy (non-hydrogen) atoms. The number of hydrogen-bond acceptors (Lipinski definition) is 4. The van der Waals surface area contributed by atoms with Crippen LogP contribution >= 0.6 is 0 Å². The summed E-state index contributed by atoms with van der Waals surface area (Å²) in [4.78, 5) is 12.3. The molecule has 1 N–H and O–H groups in total. The highest BCUT2D eigenvalue weighted by atomic mass is 19.1. The van der Waals surface area contributed by atoms with Gasteiger partial charge in [-0.05, 0) is 12.1 Å². The molecule has 0 bridgehead atoms. The van der Waals surface area contributed by atoms with Gasteiger partial charge in [0.1, 0.15) is 5.82 Å². The van der Waals surface area contributed by atoms with Gasteiger partial charge in [-0.1, -0.05) is 36.4 Å². The predicted octanol–water partition coefficient (Wildman–Crippen LogP) is 2.11. The van der Waals surface area contributed by atoms with Gasteiger partial charge in [0.2, 0.25) is 0 Å². The van der Waals surface area contributed by atoms with Gasteiger partial charge in [0.05, 0.1) is 37.4 Å². The first-order valence-electron chi connectivity index (χ1n) is 7.59. The Kier molecular flexibility index (Phi) is 4.98. The summed E-state index contributed by atoms with van der Waals surface area (Å²) >= 11 is 0. The minimum Gasteiger partial charge on any atom is -0.389 e. The molecule has 2 aromatic carbocycles. The van der Waals surface area contributed by atoms with E-state index >= 15 is 0 Å². The number of rotatable bonds is 6. The van der Waals surface area contributed by atoms with Gasteiger partial charge < -0.3 is 9.84 Å². The third-order valence-corrected chi connectivity index (χ3v) is 3.67. The second kappa shape index (κ2) is 7.33. The van der Waals surface area contributed by atoms with E-state index in [2.05, 4.69) is 5.10 Å². The van der Waals surface area contributed by atoms with E-state index in [0.29, 0.717) is 10.9 Å². The number of aromatic nitrogens is 2. The van der Waals surface area contributed by atoms with Crippen LogP contribution in [0.2, 0.25) is 0 Å². The Labute approximate surface area is 137 Å². The van der Waals surface area contributed by atoms with Gasteiger partial charge >= 0.3 is 0 Å². The zero-order chi connectivity index (χ0) is 16.9. The maximum Gasteiger partial charge on any atom is 0.274 e. The summed E-state index contributed by atoms with van der Waals surface area (Å²) in [5, 5.41) is 15.4. The molecule has 1 atom stereocenters. The number of halogens is 1. The Bertz CT molecular complexity index is 895. The van der Waals surface area contributed by atoms with E-state index in [1.807, 2.05) is 12.1 Å². The number of nitrogens with zero attached hydrogens (tertiary/aromatic N) is 2. The van der Waals surface area contributed by atoms with Crippen LogP contribution in [0.15, 0.2) is 59.5 Å². The second-order valence-corrected chi connectivity index (χ2v) is 5.48. The fourth-order valence-electron chi connectivity index (χ4n) is 2.43. The summed E-state index contributed by atoms with van der Waals surface area (Å²) in [7, 11) is 0. The molecule has 3 aromatic rings. The molecule has 0 amide bonds. The SMILES string of the molecule is O=c1c2ccccc2cnn1CC(O)COCc1ccccc1F. The summed E-state index contributed by atoms with van der Waals surface area (Å²) in [6.07, 6.45) is 0.673. The van der Waals surface area contributed by atoms with E-state index in [1.54, 1.807) is 36.5 Å². The highest BCUT2D eigenvalue weighted by Crippen LogP contribution is 2.09. The van der Waals surface area contributed by atoms with Crippen molar-refractivity contribution in [3.63, 3.8) is 0 Å². The molecule has 3 rings (SSSR count). The van der Waals surface area contributed by atoms with Crippen LogP contribution in [0.5, 0.6) is 0 Å². The monoisotopic (exact) mass is 328 g/mol. The molecule has 0 radical (unpaired) electrons. The highest BCUT2D eigenvalue weighted by molar-refractivity contribution is 5.80. The minimum absolute atomic E-state index is 0.0148. The van der Waals surface area contributed by atoms with E-state index in [4.69, 9.17) is 4.74 Å². The fourth-order valence-corrected chi connectivity index (χ4v) is 2.43. The number of benzene rings is 2. The maximum absolute atomic E-state index is 13.5. The van der Waals surface area contributed by atoms with Crippen LogP contribution in [0.25, 0.3) is 10.8 Å². The molecule has 0 saturated heterocycles. The van der Waals surface area contributed by atoms with Gasteiger partial charge in [-0.3, -0.25) is 4.79 Å². The lowest BCUT2D eigenvalue weighted by molar-refractivity contribution is 0.0172. The molecular formula is C18H17FN2O3. The maximum atomic E-state index is 13.5. The molecule has 1 heterocycles. The van der Waals surface area contributed by atoms with Gasteiger partial charge in [0.15, 0.2) is 0 Å². The Balaban J connectivity index is 1.61. The number of fused-ring (bicyclic) bond motifs is 1. The van der Waals surface area contributed by atoms with Crippen LogP contribution in [-0.2, 0) is 17.9 Å². The summed E-state index contributed by atoms with van der Waals surface area (Å²) in [6, 6.07) is 13.4. The quantitative estimate of drug-likeness (QED) is 0.753. The largest absolute Gasteiger partial charge is 0.389 e. The third kappa shape index (κ3) is 3.67. The summed E-state index contributed by atoms with van der Waals surface area (Å²) in [5.41, 5.74) is 0.159. The van der Waals surface area contributed by atoms with Crippen LogP contribution in [0.4, 0.5) is 4.39 Å². The first-order chi connectivity index (χ1) is 11.6. The zero-order valence-corrected chi connectivity index (χ0v) is 12.9. The highest BCUT2D eigenvalue weighted by Gasteiger charge is 2.10. The standard InChI is InChI=1S/C18H17FN2O3/c19-17-8-4-2-6-14(17)11-24-12-15(22)10-21-18(23)16-7-3-1-5-13(16)9-20-21/h1-9,15,22H,10-12H2. The molecule has 0 aliphatic rings. The van der Waals surface area contributed by atoms with Crippen LogP contribution in [0.3, 0.4) is 0 Å². The zero-order valence-electron chi connectivity index (χ0n) is 12.9. The Hall–Kier alpha value is -2.57. The molecular weight excluding hydrogens is 311 g/mol. The first-order valence-corrected chi connectivity index (χ1v) is 7.59. The van der Waals surface area contributed by atoms with Crippen molar-refractivity contribution in [1.29, 1.82) is 0 Å². The van der Waals surface area contributed by atoms with E-state index in [-0.39, 0.29) is 31.1 Å². The Morgan fingerprint density at radius 1 is 1.17 bits per heavy atom. The third-order valence-electron chi connectivity index (χ3n) is 3.67. The van der Waals surface area contributed by atoms with Crippen molar-refractivity contribution < 1.29 is 14.2 Å². The molecule has 1 unspecified atom stereocenters. The second-order valence-electron chi connectivity index (χ2n) is 5.48. The molecule has 1 aromatic heterocycles. The molecule has 0 aliphatic heterocycles. The smallest absolute Gasteiger partial charge is 0.274 e. The lowest BCUT2D eigenvalue weighted by atomic mass is 10.2. The van der Waals surface area contributed by atoms with Crippen LogP contribution in [0, 0.1) is 5.82 Å². The molecule has 5 nitrogen and oxygen atoms in total. The topological polar surface area (TPSA) is 64.4 Å². The number of hydrogen-bond donors (Lipinski definition) is 1. The lowest BCUT2D eigenvalue weighted by Crippen LogP contribution is -2.31. The molecule has 6 heteroatoms. The number of ether oxygens (including phenoxy) is 1. The van der Waals surface area contributed by atoms with Crippen molar-refractivity contribution in [3.8, 4) is 0 Å². The van der Waals surface area contributed by atoms with Gasteiger partial charge in [0, 0.05) is 10.9 Å². The van der Waals surface area contributed by atoms with Crippen molar-refractivity contribution in [1.82, 2.24) is 9.78 Å². The number of aliphatic hydroxyl groups is 1. The number of aliphatic hydroxyl groups excluding tert-OH is 1. The molecule has 0 spiro atoms. The van der Waals surface area contributed by atoms with Crippen LogP contribution < -0.4 is 5.56 Å². The van der Waals surface area contributed by atoms with Crippen LogP contribution in [-0.4, -0.2) is 27.6 Å². The summed E-state index contributed by atoms with van der Waals surface area (Å²) in [6.45, 7) is 0.0556. The van der Waals surface area contributed by atoms with Gasteiger partial charge in [0.25, 0.3) is 5.56 Å². The van der Waals surface area contributed by atoms with Crippen molar-refractivity contribution in [3.05, 3.63) is 76.5 Å². The van der Waals surface area contributed by atoms with Crippen molar-refractivity contribution in [2.24, 2.45) is 0 Å². The average molecular weight is 328 g/mol. The van der Waals surface area contributed by atoms with Gasteiger partial charge in [-0.15, -0.1) is 0 Å². The minimum atomic E-state index is -0.914. The van der Waals surface area contributed by atoms with E-state index in [1.165, 1.54) is 10.7 Å². The van der Waals surface area contributed by atoms with Crippen molar-refractivity contribution >= 4 is 10.8 Å². The molecule has 124 valence electrons. The predicted molar refractivity (Wildman–Crippen MR) is 88.1 cm³/mol. The molecule has 0 saturated carbocycles. The van der Waals surface area contributed by atoms with Crippen LogP contribution in [0.1, 0.15) is 5.56 Å². The first kappa shape index (κ1) is 16.3. The fraction of sp³-hybridized carbons (Fsp3) is 0.222. The van der Waals surface area contributed by atoms with Gasteiger partial charge in [-0.2, -0.15) is 5.10 Å². The average Bonchev–Trinajstić information content (AvgIpc) is 2.59. The van der Waals surface area contributed by atoms with Gasteiger partial charge in [-0.25, -0.2) is 9.07 Å².